The van der Waals surface area contributed by atoms with E-state index in [2.05, 4.69) is 10.2 Å². The molecule has 0 bridgehead atoms. The van der Waals surface area contributed by atoms with Crippen LogP contribution in [0.4, 0.5) is 4.39 Å². The summed E-state index contributed by atoms with van der Waals surface area (Å²) < 4.78 is 18.9. The SMILES string of the molecule is Cc1cn[nH]c1CC1CCCN(C(=O)CCOc2ccccc2F)C1. The fourth-order valence-corrected chi connectivity index (χ4v) is 3.29. The Balaban J connectivity index is 1.47. The monoisotopic (exact) mass is 345 g/mol. The fourth-order valence-electron chi connectivity index (χ4n) is 3.29. The van der Waals surface area contributed by atoms with Crippen molar-refractivity contribution in [1.29, 1.82) is 0 Å². The zero-order chi connectivity index (χ0) is 17.6. The van der Waals surface area contributed by atoms with E-state index in [1.165, 1.54) is 11.6 Å². The lowest BCUT2D eigenvalue weighted by atomic mass is 9.92. The number of amides is 1. The molecule has 0 spiro atoms. The van der Waals surface area contributed by atoms with Crippen LogP contribution in [0, 0.1) is 18.7 Å². The number of nitrogens with one attached hydrogen (secondary N) is 1. The lowest BCUT2D eigenvalue weighted by Gasteiger charge is -2.32. The van der Waals surface area contributed by atoms with E-state index in [4.69, 9.17) is 4.74 Å². The molecule has 1 fully saturated rings. The molecule has 2 aromatic rings. The number of aromatic nitrogens is 2. The number of carbonyl (C=O) groups excluding carboxylic acids is 1. The zero-order valence-electron chi connectivity index (χ0n) is 14.5. The molecule has 25 heavy (non-hydrogen) atoms. The van der Waals surface area contributed by atoms with Crippen molar-refractivity contribution in [2.75, 3.05) is 19.7 Å². The smallest absolute Gasteiger partial charge is 0.226 e. The Morgan fingerprint density at radius 1 is 1.44 bits per heavy atom. The highest BCUT2D eigenvalue weighted by Crippen LogP contribution is 2.22. The Hall–Kier alpha value is -2.37. The van der Waals surface area contributed by atoms with Gasteiger partial charge < -0.3 is 9.64 Å². The molecule has 1 aliphatic heterocycles. The maximum absolute atomic E-state index is 13.5. The number of carbonyl (C=O) groups is 1. The van der Waals surface area contributed by atoms with Gasteiger partial charge in [0.2, 0.25) is 5.91 Å². The number of aromatic amines is 1. The van der Waals surface area contributed by atoms with Gasteiger partial charge in [-0.15, -0.1) is 0 Å². The van der Waals surface area contributed by atoms with Crippen LogP contribution in [0.25, 0.3) is 0 Å². The topological polar surface area (TPSA) is 58.2 Å². The molecule has 6 heteroatoms. The van der Waals surface area contributed by atoms with Gasteiger partial charge in [-0.3, -0.25) is 9.89 Å². The number of hydrogen-bond acceptors (Lipinski definition) is 3. The second-order valence-corrected chi connectivity index (χ2v) is 6.61. The Morgan fingerprint density at radius 3 is 3.04 bits per heavy atom. The van der Waals surface area contributed by atoms with Crippen LogP contribution < -0.4 is 4.74 Å². The molecule has 0 saturated carbocycles. The molecule has 2 heterocycles. The predicted octanol–water partition coefficient (Wildman–Crippen LogP) is 3.11. The molecule has 5 nitrogen and oxygen atoms in total. The molecule has 1 atom stereocenters. The van der Waals surface area contributed by atoms with Crippen molar-refractivity contribution < 1.29 is 13.9 Å². The first-order chi connectivity index (χ1) is 12.1. The third-order valence-corrected chi connectivity index (χ3v) is 4.71. The summed E-state index contributed by atoms with van der Waals surface area (Å²) >= 11 is 0. The van der Waals surface area contributed by atoms with Gasteiger partial charge in [0.1, 0.15) is 0 Å². The van der Waals surface area contributed by atoms with Gasteiger partial charge in [0, 0.05) is 18.8 Å². The van der Waals surface area contributed by atoms with Crippen LogP contribution in [-0.2, 0) is 11.2 Å². The molecule has 1 unspecified atom stereocenters. The van der Waals surface area contributed by atoms with E-state index < -0.39 is 5.82 Å². The molecule has 1 saturated heterocycles. The van der Waals surface area contributed by atoms with Crippen LogP contribution in [0.1, 0.15) is 30.5 Å². The highest BCUT2D eigenvalue weighted by Gasteiger charge is 2.24. The number of para-hydroxylation sites is 1. The van der Waals surface area contributed by atoms with Gasteiger partial charge >= 0.3 is 0 Å². The summed E-state index contributed by atoms with van der Waals surface area (Å²) in [6.45, 7) is 3.79. The summed E-state index contributed by atoms with van der Waals surface area (Å²) in [5, 5.41) is 7.11. The van der Waals surface area contributed by atoms with E-state index in [0.717, 1.165) is 38.0 Å². The standard InChI is InChI=1S/C19H24FN3O2/c1-14-12-21-22-17(14)11-15-5-4-9-23(13-15)19(24)8-10-25-18-7-3-2-6-16(18)20/h2-3,6-7,12,15H,4-5,8-11,13H2,1H3,(H,21,22). The molecular weight excluding hydrogens is 321 g/mol. The van der Waals surface area contributed by atoms with Crippen LogP contribution >= 0.6 is 0 Å². The third-order valence-electron chi connectivity index (χ3n) is 4.71. The Kier molecular flexibility index (Phi) is 5.68. The average Bonchev–Trinajstić information content (AvgIpc) is 3.01. The van der Waals surface area contributed by atoms with Crippen LogP contribution in [0.5, 0.6) is 5.75 Å². The number of ether oxygens (including phenoxy) is 1. The number of benzene rings is 1. The van der Waals surface area contributed by atoms with Crippen molar-refractivity contribution in [1.82, 2.24) is 15.1 Å². The molecule has 1 aliphatic rings. The van der Waals surface area contributed by atoms with Crippen molar-refractivity contribution >= 4 is 5.91 Å². The van der Waals surface area contributed by atoms with E-state index in [9.17, 15) is 9.18 Å². The first kappa shape index (κ1) is 17.5. The van der Waals surface area contributed by atoms with Gasteiger partial charge in [-0.05, 0) is 49.8 Å². The van der Waals surface area contributed by atoms with Crippen molar-refractivity contribution in [2.45, 2.75) is 32.6 Å². The summed E-state index contributed by atoms with van der Waals surface area (Å²) in [5.41, 5.74) is 2.32. The first-order valence-corrected chi connectivity index (χ1v) is 8.77. The van der Waals surface area contributed by atoms with Crippen molar-refractivity contribution in [2.24, 2.45) is 5.92 Å². The molecule has 1 N–H and O–H groups in total. The average molecular weight is 345 g/mol. The third kappa shape index (κ3) is 4.59. The van der Waals surface area contributed by atoms with Gasteiger partial charge in [-0.1, -0.05) is 12.1 Å². The molecule has 134 valence electrons. The molecule has 3 rings (SSSR count). The maximum Gasteiger partial charge on any atom is 0.226 e. The minimum Gasteiger partial charge on any atom is -0.490 e. The lowest BCUT2D eigenvalue weighted by Crippen LogP contribution is -2.41. The Morgan fingerprint density at radius 2 is 2.28 bits per heavy atom. The number of piperidine rings is 1. The molecular formula is C19H24FN3O2. The molecule has 1 aromatic carbocycles. The van der Waals surface area contributed by atoms with E-state index in [1.54, 1.807) is 18.2 Å². The fraction of sp³-hybridized carbons (Fsp3) is 0.474. The summed E-state index contributed by atoms with van der Waals surface area (Å²) in [5.74, 6) is 0.316. The van der Waals surface area contributed by atoms with Crippen LogP contribution in [0.2, 0.25) is 0 Å². The van der Waals surface area contributed by atoms with E-state index in [0.29, 0.717) is 5.92 Å². The summed E-state index contributed by atoms with van der Waals surface area (Å²) in [4.78, 5) is 14.3. The minimum atomic E-state index is -0.400. The second kappa shape index (κ2) is 8.14. The number of nitrogens with zero attached hydrogens (tertiary/aromatic N) is 2. The summed E-state index contributed by atoms with van der Waals surface area (Å²) in [7, 11) is 0. The molecule has 0 aliphatic carbocycles. The predicted molar refractivity (Wildman–Crippen MR) is 92.8 cm³/mol. The number of likely N-dealkylation sites (tertiary alicyclic amines) is 1. The number of aryl methyl sites for hydroxylation is 1. The normalized spacial score (nSPS) is 17.5. The van der Waals surface area contributed by atoms with Crippen molar-refractivity contribution in [3.63, 3.8) is 0 Å². The van der Waals surface area contributed by atoms with Gasteiger partial charge in [0.05, 0.1) is 19.2 Å². The minimum absolute atomic E-state index is 0.0716. The van der Waals surface area contributed by atoms with E-state index >= 15 is 0 Å². The highest BCUT2D eigenvalue weighted by atomic mass is 19.1. The van der Waals surface area contributed by atoms with Crippen LogP contribution in [0.15, 0.2) is 30.5 Å². The highest BCUT2D eigenvalue weighted by molar-refractivity contribution is 5.76. The zero-order valence-corrected chi connectivity index (χ0v) is 14.5. The second-order valence-electron chi connectivity index (χ2n) is 6.61. The largest absolute Gasteiger partial charge is 0.490 e. The van der Waals surface area contributed by atoms with Gasteiger partial charge in [-0.25, -0.2) is 4.39 Å². The van der Waals surface area contributed by atoms with Gasteiger partial charge in [-0.2, -0.15) is 5.10 Å². The summed E-state index contributed by atoms with van der Waals surface area (Å²) in [6.07, 6.45) is 5.15. The Labute approximate surface area is 147 Å². The van der Waals surface area contributed by atoms with Crippen LogP contribution in [0.3, 0.4) is 0 Å². The first-order valence-electron chi connectivity index (χ1n) is 8.77. The molecule has 1 amide bonds. The number of H-pyrrole nitrogens is 1. The van der Waals surface area contributed by atoms with Crippen molar-refractivity contribution in [3.05, 3.63) is 47.5 Å². The van der Waals surface area contributed by atoms with Crippen LogP contribution in [-0.4, -0.2) is 40.7 Å². The quantitative estimate of drug-likeness (QED) is 0.875. The Bertz CT molecular complexity index is 716. The van der Waals surface area contributed by atoms with Crippen molar-refractivity contribution in [3.8, 4) is 5.75 Å². The number of halogens is 1. The lowest BCUT2D eigenvalue weighted by molar-refractivity contribution is -0.133. The van der Waals surface area contributed by atoms with E-state index in [-0.39, 0.29) is 24.7 Å². The summed E-state index contributed by atoms with van der Waals surface area (Å²) in [6, 6.07) is 6.25. The molecule has 1 aromatic heterocycles. The molecule has 0 radical (unpaired) electrons. The van der Waals surface area contributed by atoms with Gasteiger partial charge in [0.15, 0.2) is 11.6 Å². The number of rotatable bonds is 6. The van der Waals surface area contributed by atoms with Gasteiger partial charge in [0.25, 0.3) is 0 Å². The number of hydrogen-bond donors (Lipinski definition) is 1. The maximum atomic E-state index is 13.5. The van der Waals surface area contributed by atoms with E-state index in [1.807, 2.05) is 18.0 Å².